The molecule has 1 aliphatic rings. The number of rotatable bonds is 5. The number of halogens is 2. The molecule has 2 heterocycles. The minimum Gasteiger partial charge on any atom is -0.378 e. The molecular weight excluding hydrogens is 466 g/mol. The maximum absolute atomic E-state index is 13.9. The summed E-state index contributed by atoms with van der Waals surface area (Å²) in [6.45, 7) is 4.80. The predicted octanol–water partition coefficient (Wildman–Crippen LogP) is 3.21. The Hall–Kier alpha value is -4.16. The second kappa shape index (κ2) is 9.84. The second-order valence-electron chi connectivity index (χ2n) is 9.09. The lowest BCUT2D eigenvalue weighted by atomic mass is 9.94. The van der Waals surface area contributed by atoms with Crippen molar-refractivity contribution in [2.24, 2.45) is 0 Å². The summed E-state index contributed by atoms with van der Waals surface area (Å²) in [6, 6.07) is 7.70. The Bertz CT molecular complexity index is 1400. The number of carbonyl (C=O) groups is 2. The molecule has 0 saturated heterocycles. The van der Waals surface area contributed by atoms with Crippen LogP contribution < -0.4 is 10.6 Å². The van der Waals surface area contributed by atoms with Gasteiger partial charge in [-0.3, -0.25) is 9.59 Å². The van der Waals surface area contributed by atoms with Crippen LogP contribution in [0.4, 0.5) is 8.78 Å². The summed E-state index contributed by atoms with van der Waals surface area (Å²) in [5.41, 5.74) is 1.90. The fraction of sp³-hybridized carbons (Fsp3) is 0.259. The summed E-state index contributed by atoms with van der Waals surface area (Å²) < 4.78 is 27.8. The van der Waals surface area contributed by atoms with Gasteiger partial charge in [-0.1, -0.05) is 18.1 Å². The first-order valence-electron chi connectivity index (χ1n) is 11.2. The highest BCUT2D eigenvalue weighted by Crippen LogP contribution is 2.31. The first-order chi connectivity index (χ1) is 17.0. The number of fused-ring (bicyclic) bond motifs is 1. The molecule has 9 heteroatoms. The number of carbonyl (C=O) groups excluding carboxylic acids is 2. The lowest BCUT2D eigenvalue weighted by Crippen LogP contribution is -2.29. The van der Waals surface area contributed by atoms with Crippen molar-refractivity contribution in [1.29, 1.82) is 0 Å². The molecule has 4 rings (SSSR count). The van der Waals surface area contributed by atoms with Gasteiger partial charge in [0.15, 0.2) is 0 Å². The first kappa shape index (κ1) is 24.9. The number of aliphatic hydroxyl groups is 1. The minimum atomic E-state index is -1.29. The Morgan fingerprint density at radius 2 is 1.92 bits per heavy atom. The number of hydrogen-bond donors (Lipinski definition) is 3. The van der Waals surface area contributed by atoms with Gasteiger partial charge in [0.2, 0.25) is 11.7 Å². The summed E-state index contributed by atoms with van der Waals surface area (Å²) in [5, 5.41) is 15.5. The molecule has 0 aliphatic carbocycles. The quantitative estimate of drug-likeness (QED) is 0.477. The zero-order valence-corrected chi connectivity index (χ0v) is 19.9. The van der Waals surface area contributed by atoms with Crippen molar-refractivity contribution >= 4 is 11.8 Å². The Balaban J connectivity index is 1.86. The Kier molecular flexibility index (Phi) is 6.82. The highest BCUT2D eigenvalue weighted by atomic mass is 19.1. The maximum atomic E-state index is 13.9. The van der Waals surface area contributed by atoms with Crippen molar-refractivity contribution in [2.45, 2.75) is 45.4 Å². The van der Waals surface area contributed by atoms with Crippen molar-refractivity contribution in [2.75, 3.05) is 0 Å². The molecule has 1 atom stereocenters. The van der Waals surface area contributed by atoms with Crippen LogP contribution in [-0.4, -0.2) is 32.5 Å². The highest BCUT2D eigenvalue weighted by molar-refractivity contribution is 5.99. The molecule has 1 unspecified atom stereocenters. The van der Waals surface area contributed by atoms with Crippen LogP contribution in [-0.2, 0) is 17.8 Å². The van der Waals surface area contributed by atoms with E-state index in [1.807, 2.05) is 12.1 Å². The maximum Gasteiger partial charge on any atom is 0.251 e. The topological polar surface area (TPSA) is 104 Å². The Morgan fingerprint density at radius 1 is 1.19 bits per heavy atom. The minimum absolute atomic E-state index is 0.0298. The van der Waals surface area contributed by atoms with Crippen molar-refractivity contribution < 1.29 is 23.5 Å². The molecule has 0 spiro atoms. The zero-order chi connectivity index (χ0) is 26.0. The molecule has 0 radical (unpaired) electrons. The average molecular weight is 491 g/mol. The number of aromatic nitrogens is 2. The van der Waals surface area contributed by atoms with Crippen LogP contribution >= 0.6 is 0 Å². The number of nitrogens with one attached hydrogen (secondary N) is 2. The normalized spacial score (nSPS) is 13.3. The third-order valence-electron chi connectivity index (χ3n) is 5.47. The smallest absolute Gasteiger partial charge is 0.251 e. The predicted molar refractivity (Wildman–Crippen MR) is 128 cm³/mol. The van der Waals surface area contributed by atoms with Gasteiger partial charge in [-0.2, -0.15) is 0 Å². The van der Waals surface area contributed by atoms with Crippen LogP contribution in [0.5, 0.6) is 0 Å². The molecule has 7 nitrogen and oxygen atoms in total. The van der Waals surface area contributed by atoms with Gasteiger partial charge >= 0.3 is 0 Å². The van der Waals surface area contributed by atoms with E-state index in [1.54, 1.807) is 6.07 Å². The van der Waals surface area contributed by atoms with E-state index in [1.165, 1.54) is 39.1 Å². The van der Waals surface area contributed by atoms with E-state index in [0.29, 0.717) is 34.5 Å². The van der Waals surface area contributed by atoms with Crippen molar-refractivity contribution in [3.63, 3.8) is 0 Å². The molecule has 1 aliphatic heterocycles. The van der Waals surface area contributed by atoms with Gasteiger partial charge in [0.25, 0.3) is 5.91 Å². The van der Waals surface area contributed by atoms with E-state index in [9.17, 15) is 23.5 Å². The lowest BCUT2D eigenvalue weighted by Gasteiger charge is -2.21. The summed E-state index contributed by atoms with van der Waals surface area (Å²) >= 11 is 0. The average Bonchev–Trinajstić information content (AvgIpc) is 3.16. The van der Waals surface area contributed by atoms with Crippen molar-refractivity contribution in [3.8, 4) is 23.0 Å². The molecular formula is C27H24F2N4O3. The van der Waals surface area contributed by atoms with Crippen LogP contribution in [0, 0.1) is 23.5 Å². The Morgan fingerprint density at radius 3 is 2.58 bits per heavy atom. The summed E-state index contributed by atoms with van der Waals surface area (Å²) in [4.78, 5) is 33.2. The molecule has 1 aromatic heterocycles. The fourth-order valence-electron chi connectivity index (χ4n) is 3.96. The Labute approximate surface area is 207 Å². The van der Waals surface area contributed by atoms with E-state index in [-0.39, 0.29) is 24.1 Å². The second-order valence-corrected chi connectivity index (χ2v) is 9.09. The van der Waals surface area contributed by atoms with Gasteiger partial charge < -0.3 is 15.7 Å². The molecule has 0 bridgehead atoms. The molecule has 3 N–H and O–H groups in total. The van der Waals surface area contributed by atoms with Crippen molar-refractivity contribution in [3.05, 3.63) is 82.4 Å². The fourth-order valence-corrected chi connectivity index (χ4v) is 3.96. The number of hydrogen-bond acceptors (Lipinski definition) is 5. The molecule has 0 fully saturated rings. The van der Waals surface area contributed by atoms with E-state index < -0.39 is 23.3 Å². The third kappa shape index (κ3) is 5.90. The van der Waals surface area contributed by atoms with E-state index in [0.717, 1.165) is 11.6 Å². The monoisotopic (exact) mass is 490 g/mol. The van der Waals surface area contributed by atoms with Gasteiger partial charge in [0.05, 0.1) is 11.7 Å². The van der Waals surface area contributed by atoms with Gasteiger partial charge in [-0.05, 0) is 61.1 Å². The number of amides is 2. The van der Waals surface area contributed by atoms with Gasteiger partial charge in [0, 0.05) is 36.9 Å². The summed E-state index contributed by atoms with van der Waals surface area (Å²) in [6.07, 6.45) is 1.55. The summed E-state index contributed by atoms with van der Waals surface area (Å²) in [5.74, 6) is 3.41. The molecule has 2 amide bonds. The van der Waals surface area contributed by atoms with Crippen LogP contribution in [0.2, 0.25) is 0 Å². The van der Waals surface area contributed by atoms with Gasteiger partial charge in [-0.25, -0.2) is 18.7 Å². The standard InChI is InChI=1S/C27H24F2N4O3/c1-15(34)32-23(10-16-8-19(28)12-20(29)9-16)25-22(14-30-24(33-25)6-7-27(2,3)36)17-4-5-18-13-31-26(35)21(18)11-17/h4-5,8-9,11-12,14,23,36H,10,13H2,1-3H3,(H,31,35)(H,32,34). The SMILES string of the molecule is CC(=O)NC(Cc1cc(F)cc(F)c1)c1nc(C#CC(C)(C)O)ncc1-c1ccc2c(c1)C(=O)NC2. The van der Waals surface area contributed by atoms with Crippen LogP contribution in [0.1, 0.15) is 59.8 Å². The van der Waals surface area contributed by atoms with Crippen LogP contribution in [0.15, 0.2) is 42.6 Å². The van der Waals surface area contributed by atoms with Crippen LogP contribution in [0.3, 0.4) is 0 Å². The third-order valence-corrected chi connectivity index (χ3v) is 5.47. The zero-order valence-electron chi connectivity index (χ0n) is 19.9. The van der Waals surface area contributed by atoms with Gasteiger partial charge in [-0.15, -0.1) is 0 Å². The van der Waals surface area contributed by atoms with E-state index in [2.05, 4.69) is 32.4 Å². The molecule has 0 saturated carbocycles. The lowest BCUT2D eigenvalue weighted by molar-refractivity contribution is -0.119. The molecule has 3 aromatic rings. The van der Waals surface area contributed by atoms with Crippen molar-refractivity contribution in [1.82, 2.24) is 20.6 Å². The van der Waals surface area contributed by atoms with E-state index >= 15 is 0 Å². The van der Waals surface area contributed by atoms with Gasteiger partial charge in [0.1, 0.15) is 17.2 Å². The van der Waals surface area contributed by atoms with Crippen LogP contribution in [0.25, 0.3) is 11.1 Å². The molecule has 184 valence electrons. The highest BCUT2D eigenvalue weighted by Gasteiger charge is 2.24. The first-order valence-corrected chi connectivity index (χ1v) is 11.2. The van der Waals surface area contributed by atoms with E-state index in [4.69, 9.17) is 0 Å². The largest absolute Gasteiger partial charge is 0.378 e. The molecule has 36 heavy (non-hydrogen) atoms. The number of benzene rings is 2. The molecule has 2 aromatic carbocycles. The summed E-state index contributed by atoms with van der Waals surface area (Å²) in [7, 11) is 0. The number of nitrogens with zero attached hydrogens (tertiary/aromatic N) is 2.